The van der Waals surface area contributed by atoms with Gasteiger partial charge in [0.1, 0.15) is 5.76 Å². The van der Waals surface area contributed by atoms with Gasteiger partial charge in [0.25, 0.3) is 0 Å². The normalized spacial score (nSPS) is 38.2. The first-order chi connectivity index (χ1) is 9.54. The first-order valence-corrected chi connectivity index (χ1v) is 7.79. The van der Waals surface area contributed by atoms with Crippen LogP contribution in [0.2, 0.25) is 0 Å². The first-order valence-electron chi connectivity index (χ1n) is 7.79. The summed E-state index contributed by atoms with van der Waals surface area (Å²) < 4.78 is 5.51. The number of aromatic nitrogens is 1. The minimum Gasteiger partial charge on any atom is -0.428 e. The van der Waals surface area contributed by atoms with Gasteiger partial charge in [0, 0.05) is 0 Å². The maximum Gasteiger partial charge on any atom is 0.301 e. The Kier molecular flexibility index (Phi) is 2.54. The lowest BCUT2D eigenvalue weighted by molar-refractivity contribution is -0.140. The van der Waals surface area contributed by atoms with Gasteiger partial charge in [-0.2, -0.15) is 4.98 Å². The van der Waals surface area contributed by atoms with E-state index in [1.165, 1.54) is 19.3 Å². The highest BCUT2D eigenvalue weighted by Crippen LogP contribution is 2.60. The van der Waals surface area contributed by atoms with Gasteiger partial charge in [-0.15, -0.1) is 0 Å². The lowest BCUT2D eigenvalue weighted by Crippen LogP contribution is -2.51. The van der Waals surface area contributed by atoms with Crippen LogP contribution in [0.1, 0.15) is 50.0 Å². The monoisotopic (exact) mass is 274 g/mol. The topological polar surface area (TPSA) is 55.1 Å². The number of nitrogens with zero attached hydrogens (tertiary/aromatic N) is 1. The number of hydrogen-bond acceptors (Lipinski definition) is 3. The van der Waals surface area contributed by atoms with E-state index >= 15 is 0 Å². The van der Waals surface area contributed by atoms with Crippen molar-refractivity contribution >= 4 is 11.9 Å². The van der Waals surface area contributed by atoms with Crippen LogP contribution in [-0.2, 0) is 4.79 Å². The lowest BCUT2D eigenvalue weighted by Gasteiger charge is -2.55. The number of hydrogen-bond donors (Lipinski definition) is 1. The number of carbonyl (C=O) groups excluding carboxylic acids is 1. The molecule has 0 spiro atoms. The first kappa shape index (κ1) is 12.4. The molecule has 0 aliphatic heterocycles. The van der Waals surface area contributed by atoms with Crippen LogP contribution in [0, 0.1) is 37.0 Å². The standard InChI is InChI=1S/C16H22N2O2/c1-9-10(2)20-15(17-9)18-14(19)16-6-11-3-12(7-16)5-13(4-11)8-16/h11-13H,3-8H2,1-2H3,(H,17,18,19). The van der Waals surface area contributed by atoms with Crippen molar-refractivity contribution < 1.29 is 9.21 Å². The zero-order chi connectivity index (χ0) is 13.9. The third-order valence-corrected chi connectivity index (χ3v) is 5.77. The number of anilines is 1. The molecule has 4 bridgehead atoms. The molecule has 1 aromatic rings. The Morgan fingerprint density at radius 3 is 2.15 bits per heavy atom. The molecule has 4 saturated carbocycles. The van der Waals surface area contributed by atoms with E-state index in [1.807, 2.05) is 13.8 Å². The van der Waals surface area contributed by atoms with Gasteiger partial charge in [0.05, 0.1) is 11.1 Å². The molecule has 108 valence electrons. The number of nitrogens with one attached hydrogen (secondary N) is 1. The maximum atomic E-state index is 12.8. The van der Waals surface area contributed by atoms with Crippen molar-refractivity contribution in [1.82, 2.24) is 4.98 Å². The fourth-order valence-corrected chi connectivity index (χ4v) is 5.14. The molecule has 1 aromatic heterocycles. The van der Waals surface area contributed by atoms with Crippen LogP contribution in [0.3, 0.4) is 0 Å². The Hall–Kier alpha value is -1.32. The molecular formula is C16H22N2O2. The van der Waals surface area contributed by atoms with E-state index in [-0.39, 0.29) is 11.3 Å². The Morgan fingerprint density at radius 2 is 1.70 bits per heavy atom. The molecule has 5 rings (SSSR count). The molecule has 1 amide bonds. The van der Waals surface area contributed by atoms with Gasteiger partial charge in [0.15, 0.2) is 0 Å². The molecule has 1 heterocycles. The Morgan fingerprint density at radius 1 is 1.15 bits per heavy atom. The summed E-state index contributed by atoms with van der Waals surface area (Å²) in [6.45, 7) is 3.78. The molecule has 0 aromatic carbocycles. The molecule has 4 aliphatic rings. The van der Waals surface area contributed by atoms with Gasteiger partial charge in [-0.05, 0) is 70.1 Å². The molecule has 4 nitrogen and oxygen atoms in total. The fourth-order valence-electron chi connectivity index (χ4n) is 5.14. The number of rotatable bonds is 2. The number of amides is 1. The van der Waals surface area contributed by atoms with E-state index in [9.17, 15) is 4.79 Å². The zero-order valence-corrected chi connectivity index (χ0v) is 12.2. The molecule has 4 aliphatic carbocycles. The van der Waals surface area contributed by atoms with Gasteiger partial charge >= 0.3 is 6.01 Å². The number of carbonyl (C=O) groups is 1. The predicted octanol–water partition coefficient (Wildman–Crippen LogP) is 3.45. The van der Waals surface area contributed by atoms with Crippen molar-refractivity contribution in [2.45, 2.75) is 52.4 Å². The van der Waals surface area contributed by atoms with E-state index < -0.39 is 0 Å². The summed E-state index contributed by atoms with van der Waals surface area (Å²) in [6, 6.07) is 0.376. The molecule has 0 saturated heterocycles. The van der Waals surface area contributed by atoms with Crippen LogP contribution in [0.15, 0.2) is 4.42 Å². The molecule has 0 atom stereocenters. The second kappa shape index (κ2) is 4.09. The third kappa shape index (κ3) is 1.80. The van der Waals surface area contributed by atoms with Crippen LogP contribution >= 0.6 is 0 Å². The number of aryl methyl sites for hydroxylation is 2. The van der Waals surface area contributed by atoms with Crippen LogP contribution in [0.4, 0.5) is 6.01 Å². The third-order valence-electron chi connectivity index (χ3n) is 5.77. The van der Waals surface area contributed by atoms with Gasteiger partial charge < -0.3 is 4.42 Å². The molecule has 0 unspecified atom stereocenters. The van der Waals surface area contributed by atoms with Crippen LogP contribution in [-0.4, -0.2) is 10.9 Å². The minimum atomic E-state index is -0.134. The Labute approximate surface area is 119 Å². The average Bonchev–Trinajstić information content (AvgIpc) is 2.66. The summed E-state index contributed by atoms with van der Waals surface area (Å²) in [4.78, 5) is 17.1. The van der Waals surface area contributed by atoms with Crippen LogP contribution in [0.25, 0.3) is 0 Å². The van der Waals surface area contributed by atoms with Crippen molar-refractivity contribution in [3.8, 4) is 0 Å². The van der Waals surface area contributed by atoms with E-state index in [0.717, 1.165) is 48.5 Å². The van der Waals surface area contributed by atoms with Crippen molar-refractivity contribution in [2.75, 3.05) is 5.32 Å². The zero-order valence-electron chi connectivity index (χ0n) is 12.2. The van der Waals surface area contributed by atoms with Crippen LogP contribution < -0.4 is 5.32 Å². The SMILES string of the molecule is Cc1nc(NC(=O)C23CC4CC(CC(C4)C2)C3)oc1C. The Balaban J connectivity index is 1.56. The number of oxazole rings is 1. The summed E-state index contributed by atoms with van der Waals surface area (Å²) in [6.07, 6.45) is 7.27. The van der Waals surface area contributed by atoms with E-state index in [0.29, 0.717) is 6.01 Å². The van der Waals surface area contributed by atoms with Crippen LogP contribution in [0.5, 0.6) is 0 Å². The van der Waals surface area contributed by atoms with Gasteiger partial charge in [0.2, 0.25) is 5.91 Å². The van der Waals surface area contributed by atoms with E-state index in [4.69, 9.17) is 4.42 Å². The summed E-state index contributed by atoms with van der Waals surface area (Å²) in [7, 11) is 0. The lowest BCUT2D eigenvalue weighted by atomic mass is 9.49. The molecule has 0 radical (unpaired) electrons. The van der Waals surface area contributed by atoms with E-state index in [1.54, 1.807) is 0 Å². The summed E-state index contributed by atoms with van der Waals surface area (Å²) in [5.74, 6) is 3.27. The summed E-state index contributed by atoms with van der Waals surface area (Å²) >= 11 is 0. The van der Waals surface area contributed by atoms with Crippen molar-refractivity contribution in [2.24, 2.45) is 23.2 Å². The van der Waals surface area contributed by atoms with Crippen molar-refractivity contribution in [3.05, 3.63) is 11.5 Å². The van der Waals surface area contributed by atoms with Gasteiger partial charge in [-0.25, -0.2) is 0 Å². The molecule has 1 N–H and O–H groups in total. The highest BCUT2D eigenvalue weighted by Gasteiger charge is 2.54. The smallest absolute Gasteiger partial charge is 0.301 e. The molecular weight excluding hydrogens is 252 g/mol. The van der Waals surface area contributed by atoms with Crippen molar-refractivity contribution in [1.29, 1.82) is 0 Å². The highest BCUT2D eigenvalue weighted by atomic mass is 16.4. The molecule has 4 fully saturated rings. The second-order valence-electron chi connectivity index (χ2n) is 7.31. The van der Waals surface area contributed by atoms with Gasteiger partial charge in [-0.1, -0.05) is 0 Å². The summed E-state index contributed by atoms with van der Waals surface area (Å²) in [5.41, 5.74) is 0.719. The second-order valence-corrected chi connectivity index (χ2v) is 7.31. The minimum absolute atomic E-state index is 0.134. The maximum absolute atomic E-state index is 12.8. The van der Waals surface area contributed by atoms with Crippen molar-refractivity contribution in [3.63, 3.8) is 0 Å². The largest absolute Gasteiger partial charge is 0.428 e. The molecule has 20 heavy (non-hydrogen) atoms. The molecule has 4 heteroatoms. The fraction of sp³-hybridized carbons (Fsp3) is 0.750. The van der Waals surface area contributed by atoms with E-state index in [2.05, 4.69) is 10.3 Å². The highest BCUT2D eigenvalue weighted by molar-refractivity contribution is 5.94. The predicted molar refractivity (Wildman–Crippen MR) is 75.2 cm³/mol. The Bertz CT molecular complexity index is 506. The van der Waals surface area contributed by atoms with Gasteiger partial charge in [-0.3, -0.25) is 10.1 Å². The average molecular weight is 274 g/mol. The summed E-state index contributed by atoms with van der Waals surface area (Å²) in [5, 5.41) is 2.94. The quantitative estimate of drug-likeness (QED) is 0.898.